The molecule has 0 unspecified atom stereocenters. The van der Waals surface area contributed by atoms with Crippen LogP contribution in [0.3, 0.4) is 0 Å². The summed E-state index contributed by atoms with van der Waals surface area (Å²) in [4.78, 5) is 11.9. The number of aromatic nitrogens is 2. The van der Waals surface area contributed by atoms with Gasteiger partial charge in [0.15, 0.2) is 0 Å². The fourth-order valence-corrected chi connectivity index (χ4v) is 2.27. The van der Waals surface area contributed by atoms with Crippen LogP contribution in [0.4, 0.5) is 5.82 Å². The second kappa shape index (κ2) is 6.75. The van der Waals surface area contributed by atoms with E-state index in [1.807, 2.05) is 20.0 Å². The van der Waals surface area contributed by atoms with E-state index in [1.165, 1.54) is 0 Å². The Hall–Kier alpha value is -1.07. The second-order valence-electron chi connectivity index (χ2n) is 4.74. The third-order valence-corrected chi connectivity index (χ3v) is 3.20. The number of carbonyl (C=O) groups is 1. The van der Waals surface area contributed by atoms with Crippen LogP contribution in [0.1, 0.15) is 25.0 Å². The molecule has 1 aromatic rings. The molecule has 0 spiro atoms. The number of rotatable bonds is 3. The predicted molar refractivity (Wildman–Crippen MR) is 74.0 cm³/mol. The van der Waals surface area contributed by atoms with Crippen molar-refractivity contribution in [2.75, 3.05) is 18.4 Å². The van der Waals surface area contributed by atoms with Crippen LogP contribution in [-0.4, -0.2) is 28.8 Å². The summed E-state index contributed by atoms with van der Waals surface area (Å²) in [6.07, 6.45) is 2.81. The van der Waals surface area contributed by atoms with Gasteiger partial charge in [-0.25, -0.2) is 0 Å². The van der Waals surface area contributed by atoms with Crippen molar-refractivity contribution in [3.8, 4) is 0 Å². The van der Waals surface area contributed by atoms with Gasteiger partial charge in [-0.2, -0.15) is 5.10 Å². The van der Waals surface area contributed by atoms with Crippen LogP contribution in [-0.2, 0) is 11.8 Å². The maximum atomic E-state index is 11.9. The van der Waals surface area contributed by atoms with E-state index >= 15 is 0 Å². The molecule has 5 nitrogen and oxygen atoms in total. The van der Waals surface area contributed by atoms with Crippen LogP contribution in [0, 0.1) is 12.8 Å². The average Bonchev–Trinajstić information content (AvgIpc) is 2.58. The Kier molecular flexibility index (Phi) is 5.62. The molecule has 0 atom stereocenters. The lowest BCUT2D eigenvalue weighted by Crippen LogP contribution is -2.30. The number of aryl methyl sites for hydroxylation is 2. The van der Waals surface area contributed by atoms with Crippen molar-refractivity contribution in [3.05, 3.63) is 11.8 Å². The second-order valence-corrected chi connectivity index (χ2v) is 4.74. The van der Waals surface area contributed by atoms with Gasteiger partial charge in [-0.05, 0) is 38.8 Å². The molecule has 1 amide bonds. The zero-order valence-corrected chi connectivity index (χ0v) is 11.7. The highest BCUT2D eigenvalue weighted by Gasteiger charge is 2.17. The Morgan fingerprint density at radius 2 is 2.22 bits per heavy atom. The molecule has 6 heteroatoms. The summed E-state index contributed by atoms with van der Waals surface area (Å²) >= 11 is 0. The minimum absolute atomic E-state index is 0. The molecule has 0 aromatic carbocycles. The van der Waals surface area contributed by atoms with Gasteiger partial charge in [0, 0.05) is 19.5 Å². The molecule has 0 saturated carbocycles. The highest BCUT2D eigenvalue weighted by Crippen LogP contribution is 2.17. The number of hydrogen-bond donors (Lipinski definition) is 2. The summed E-state index contributed by atoms with van der Waals surface area (Å²) in [6, 6.07) is 1.89. The molecule has 0 aliphatic carbocycles. The number of anilines is 1. The standard InChI is InChI=1S/C12H20N4O.ClH/c1-9-7-11(16(2)15-9)14-12(17)8-10-3-5-13-6-4-10;/h7,10,13H,3-6,8H2,1-2H3,(H,14,17);1H. The predicted octanol–water partition coefficient (Wildman–Crippen LogP) is 1.48. The molecule has 1 saturated heterocycles. The fraction of sp³-hybridized carbons (Fsp3) is 0.667. The van der Waals surface area contributed by atoms with Crippen molar-refractivity contribution in [2.24, 2.45) is 13.0 Å². The topological polar surface area (TPSA) is 59.0 Å². The summed E-state index contributed by atoms with van der Waals surface area (Å²) in [6.45, 7) is 3.98. The maximum Gasteiger partial charge on any atom is 0.225 e. The number of carbonyl (C=O) groups excluding carboxylic acids is 1. The molecule has 18 heavy (non-hydrogen) atoms. The number of hydrogen-bond acceptors (Lipinski definition) is 3. The first-order valence-electron chi connectivity index (χ1n) is 6.16. The van der Waals surface area contributed by atoms with Crippen LogP contribution < -0.4 is 10.6 Å². The van der Waals surface area contributed by atoms with Gasteiger partial charge < -0.3 is 10.6 Å². The quantitative estimate of drug-likeness (QED) is 0.876. The molecule has 102 valence electrons. The zero-order chi connectivity index (χ0) is 12.3. The lowest BCUT2D eigenvalue weighted by atomic mass is 9.94. The molecule has 2 N–H and O–H groups in total. The monoisotopic (exact) mass is 272 g/mol. The van der Waals surface area contributed by atoms with E-state index in [0.717, 1.165) is 37.4 Å². The van der Waals surface area contributed by atoms with Crippen molar-refractivity contribution in [1.29, 1.82) is 0 Å². The number of amides is 1. The zero-order valence-electron chi connectivity index (χ0n) is 10.9. The molecule has 1 aliphatic rings. The largest absolute Gasteiger partial charge is 0.317 e. The van der Waals surface area contributed by atoms with Gasteiger partial charge in [-0.1, -0.05) is 0 Å². The average molecular weight is 273 g/mol. The van der Waals surface area contributed by atoms with Gasteiger partial charge in [-0.15, -0.1) is 12.4 Å². The van der Waals surface area contributed by atoms with Crippen LogP contribution in [0.15, 0.2) is 6.07 Å². The summed E-state index contributed by atoms with van der Waals surface area (Å²) in [5, 5.41) is 10.4. The Morgan fingerprint density at radius 1 is 1.56 bits per heavy atom. The van der Waals surface area contributed by atoms with Crippen LogP contribution >= 0.6 is 12.4 Å². The maximum absolute atomic E-state index is 11.9. The lowest BCUT2D eigenvalue weighted by molar-refractivity contribution is -0.117. The van der Waals surface area contributed by atoms with Crippen LogP contribution in [0.25, 0.3) is 0 Å². The van der Waals surface area contributed by atoms with Gasteiger partial charge in [0.25, 0.3) is 0 Å². The number of piperidine rings is 1. The van der Waals surface area contributed by atoms with E-state index < -0.39 is 0 Å². The van der Waals surface area contributed by atoms with E-state index in [4.69, 9.17) is 0 Å². The number of halogens is 1. The van der Waals surface area contributed by atoms with E-state index in [9.17, 15) is 4.79 Å². The van der Waals surface area contributed by atoms with Gasteiger partial charge in [0.05, 0.1) is 5.69 Å². The number of nitrogens with zero attached hydrogens (tertiary/aromatic N) is 2. The van der Waals surface area contributed by atoms with E-state index in [0.29, 0.717) is 12.3 Å². The first-order valence-corrected chi connectivity index (χ1v) is 6.16. The first kappa shape index (κ1) is 15.0. The molecule has 1 aliphatic heterocycles. The molecule has 1 fully saturated rings. The highest BCUT2D eigenvalue weighted by molar-refractivity contribution is 5.90. The van der Waals surface area contributed by atoms with Crippen molar-refractivity contribution in [1.82, 2.24) is 15.1 Å². The van der Waals surface area contributed by atoms with Gasteiger partial charge >= 0.3 is 0 Å². The molecule has 2 rings (SSSR count). The van der Waals surface area contributed by atoms with Gasteiger partial charge in [-0.3, -0.25) is 9.48 Å². The minimum atomic E-state index is 0. The molecular formula is C12H21ClN4O. The first-order chi connectivity index (χ1) is 8.15. The van der Waals surface area contributed by atoms with Gasteiger partial charge in [0.2, 0.25) is 5.91 Å². The normalized spacial score (nSPS) is 16.1. The third-order valence-electron chi connectivity index (χ3n) is 3.20. The smallest absolute Gasteiger partial charge is 0.225 e. The van der Waals surface area contributed by atoms with E-state index in [2.05, 4.69) is 15.7 Å². The Bertz CT molecular complexity index is 399. The molecular weight excluding hydrogens is 252 g/mol. The van der Waals surface area contributed by atoms with Crippen LogP contribution in [0.2, 0.25) is 0 Å². The van der Waals surface area contributed by atoms with E-state index in [-0.39, 0.29) is 18.3 Å². The molecule has 0 radical (unpaired) electrons. The molecule has 1 aromatic heterocycles. The van der Waals surface area contributed by atoms with E-state index in [1.54, 1.807) is 4.68 Å². The third kappa shape index (κ3) is 3.99. The molecule has 2 heterocycles. The lowest BCUT2D eigenvalue weighted by Gasteiger charge is -2.21. The SMILES string of the molecule is Cc1cc(NC(=O)CC2CCNCC2)n(C)n1.Cl. The van der Waals surface area contributed by atoms with Crippen molar-refractivity contribution < 1.29 is 4.79 Å². The van der Waals surface area contributed by atoms with Crippen LogP contribution in [0.5, 0.6) is 0 Å². The summed E-state index contributed by atoms with van der Waals surface area (Å²) in [7, 11) is 1.84. The highest BCUT2D eigenvalue weighted by atomic mass is 35.5. The summed E-state index contributed by atoms with van der Waals surface area (Å²) < 4.78 is 1.70. The van der Waals surface area contributed by atoms with Crippen molar-refractivity contribution in [3.63, 3.8) is 0 Å². The molecule has 0 bridgehead atoms. The minimum Gasteiger partial charge on any atom is -0.317 e. The van der Waals surface area contributed by atoms with Crippen molar-refractivity contribution in [2.45, 2.75) is 26.2 Å². The van der Waals surface area contributed by atoms with Gasteiger partial charge in [0.1, 0.15) is 5.82 Å². The van der Waals surface area contributed by atoms with Crippen molar-refractivity contribution >= 4 is 24.1 Å². The number of nitrogens with one attached hydrogen (secondary N) is 2. The Balaban J connectivity index is 0.00000162. The fourth-order valence-electron chi connectivity index (χ4n) is 2.27. The Labute approximate surface area is 114 Å². The summed E-state index contributed by atoms with van der Waals surface area (Å²) in [5.74, 6) is 1.40. The summed E-state index contributed by atoms with van der Waals surface area (Å²) in [5.41, 5.74) is 0.921. The Morgan fingerprint density at radius 3 is 2.78 bits per heavy atom.